The van der Waals surface area contributed by atoms with Crippen molar-refractivity contribution in [2.45, 2.75) is 37.6 Å². The fraction of sp³-hybridized carbons (Fsp3) is 0.444. The van der Waals surface area contributed by atoms with Crippen molar-refractivity contribution >= 4 is 6.29 Å². The maximum atomic E-state index is 13.9. The van der Waals surface area contributed by atoms with Gasteiger partial charge in [-0.1, -0.05) is 36.8 Å². The smallest absolute Gasteiger partial charge is 0.267 e. The predicted octanol–water partition coefficient (Wildman–Crippen LogP) is 3.83. The number of imidazole rings is 1. The van der Waals surface area contributed by atoms with Crippen molar-refractivity contribution in [3.63, 3.8) is 0 Å². The van der Waals surface area contributed by atoms with E-state index in [9.17, 15) is 13.6 Å². The molecule has 128 valence electrons. The van der Waals surface area contributed by atoms with Gasteiger partial charge in [0.1, 0.15) is 12.1 Å². The molecule has 2 heterocycles. The first-order valence-electron chi connectivity index (χ1n) is 8.25. The largest absolute Gasteiger partial charge is 0.347 e. The molecular formula is C18H21F2N3O. The molecule has 1 N–H and O–H groups in total. The summed E-state index contributed by atoms with van der Waals surface area (Å²) >= 11 is 0. The van der Waals surface area contributed by atoms with E-state index in [0.29, 0.717) is 12.8 Å². The highest BCUT2D eigenvalue weighted by Crippen LogP contribution is 2.33. The van der Waals surface area contributed by atoms with Gasteiger partial charge in [-0.15, -0.1) is 0 Å². The van der Waals surface area contributed by atoms with Crippen molar-refractivity contribution in [3.05, 3.63) is 42.4 Å². The normalized spacial score (nSPS) is 19.3. The van der Waals surface area contributed by atoms with Gasteiger partial charge >= 0.3 is 0 Å². The summed E-state index contributed by atoms with van der Waals surface area (Å²) in [5, 5.41) is 0. The second-order valence-corrected chi connectivity index (χ2v) is 6.25. The summed E-state index contributed by atoms with van der Waals surface area (Å²) in [7, 11) is 0. The minimum Gasteiger partial charge on any atom is -0.347 e. The lowest BCUT2D eigenvalue weighted by molar-refractivity contribution is -0.117. The Morgan fingerprint density at radius 1 is 1.29 bits per heavy atom. The highest BCUT2D eigenvalue weighted by atomic mass is 19.3. The van der Waals surface area contributed by atoms with Gasteiger partial charge in [0.05, 0.1) is 24.7 Å². The van der Waals surface area contributed by atoms with Crippen LogP contribution in [0.5, 0.6) is 0 Å². The van der Waals surface area contributed by atoms with E-state index in [1.165, 1.54) is 0 Å². The molecular weight excluding hydrogens is 312 g/mol. The molecule has 1 fully saturated rings. The zero-order chi connectivity index (χ0) is 17.0. The van der Waals surface area contributed by atoms with Gasteiger partial charge in [-0.2, -0.15) is 0 Å². The maximum absolute atomic E-state index is 13.9. The van der Waals surface area contributed by atoms with Crippen molar-refractivity contribution < 1.29 is 13.6 Å². The van der Waals surface area contributed by atoms with Gasteiger partial charge in [0, 0.05) is 11.8 Å². The Hall–Kier alpha value is -2.08. The maximum Gasteiger partial charge on any atom is 0.267 e. The van der Waals surface area contributed by atoms with Crippen molar-refractivity contribution in [1.82, 2.24) is 14.9 Å². The molecule has 0 radical (unpaired) electrons. The summed E-state index contributed by atoms with van der Waals surface area (Å²) in [5.41, 5.74) is 1.81. The molecule has 0 aliphatic carbocycles. The number of carbonyl (C=O) groups excluding carboxylic acids is 1. The molecule has 0 unspecified atom stereocenters. The minimum atomic E-state index is -2.99. The molecule has 1 aromatic heterocycles. The lowest BCUT2D eigenvalue weighted by atomic mass is 10.0. The molecule has 1 aliphatic rings. The number of carbonyl (C=O) groups is 1. The number of benzene rings is 1. The average Bonchev–Trinajstić information content (AvgIpc) is 3.05. The van der Waals surface area contributed by atoms with Gasteiger partial charge in [-0.25, -0.2) is 13.8 Å². The van der Waals surface area contributed by atoms with Crippen molar-refractivity contribution in [3.8, 4) is 11.3 Å². The minimum absolute atomic E-state index is 0.159. The van der Waals surface area contributed by atoms with E-state index < -0.39 is 18.9 Å². The van der Waals surface area contributed by atoms with Crippen LogP contribution in [0.15, 0.2) is 36.5 Å². The topological polar surface area (TPSA) is 49.0 Å². The lowest BCUT2D eigenvalue weighted by Crippen LogP contribution is -2.42. The molecule has 1 aromatic carbocycles. The Kier molecular flexibility index (Phi) is 5.04. The summed E-state index contributed by atoms with van der Waals surface area (Å²) in [6.45, 7) is 0.193. The van der Waals surface area contributed by atoms with E-state index in [4.69, 9.17) is 0 Å². The molecule has 1 saturated heterocycles. The number of alkyl halides is 2. The summed E-state index contributed by atoms with van der Waals surface area (Å²) in [6, 6.07) is 9.60. The zero-order valence-corrected chi connectivity index (χ0v) is 13.4. The predicted molar refractivity (Wildman–Crippen MR) is 87.8 cm³/mol. The fourth-order valence-corrected chi connectivity index (χ4v) is 3.24. The number of aromatic nitrogens is 2. The van der Waals surface area contributed by atoms with E-state index in [1.807, 2.05) is 36.5 Å². The lowest BCUT2D eigenvalue weighted by Gasteiger charge is -2.36. The SMILES string of the molecule is O=CCC(F)(F)CN1CCCC[C@H]1c1nc(-c2ccccc2)c[nH]1. The monoisotopic (exact) mass is 333 g/mol. The highest BCUT2D eigenvalue weighted by molar-refractivity contribution is 5.58. The summed E-state index contributed by atoms with van der Waals surface area (Å²) < 4.78 is 27.7. The number of likely N-dealkylation sites (tertiary alicyclic amines) is 1. The number of nitrogens with zero attached hydrogens (tertiary/aromatic N) is 2. The van der Waals surface area contributed by atoms with Crippen molar-refractivity contribution in [2.75, 3.05) is 13.1 Å². The molecule has 0 saturated carbocycles. The molecule has 0 spiro atoms. The van der Waals surface area contributed by atoms with Crippen LogP contribution < -0.4 is 0 Å². The van der Waals surface area contributed by atoms with Crippen LogP contribution in [0, 0.1) is 0 Å². The summed E-state index contributed by atoms with van der Waals surface area (Å²) in [5.74, 6) is -2.28. The molecule has 0 amide bonds. The highest BCUT2D eigenvalue weighted by Gasteiger charge is 2.36. The average molecular weight is 333 g/mol. The Morgan fingerprint density at radius 3 is 2.83 bits per heavy atom. The molecule has 1 aliphatic heterocycles. The Morgan fingerprint density at radius 2 is 2.08 bits per heavy atom. The van der Waals surface area contributed by atoms with Crippen LogP contribution in [-0.4, -0.2) is 40.2 Å². The fourth-order valence-electron chi connectivity index (χ4n) is 3.24. The third kappa shape index (κ3) is 3.87. The number of aldehydes is 1. The number of piperidine rings is 1. The number of H-pyrrole nitrogens is 1. The van der Waals surface area contributed by atoms with E-state index in [2.05, 4.69) is 9.97 Å². The van der Waals surface area contributed by atoms with Crippen molar-refractivity contribution in [2.24, 2.45) is 0 Å². The third-order valence-corrected chi connectivity index (χ3v) is 4.41. The number of nitrogens with one attached hydrogen (secondary N) is 1. The molecule has 1 atom stereocenters. The Balaban J connectivity index is 1.78. The zero-order valence-electron chi connectivity index (χ0n) is 13.4. The first-order chi connectivity index (χ1) is 11.6. The van der Waals surface area contributed by atoms with Gasteiger partial charge in [-0.3, -0.25) is 4.90 Å². The molecule has 3 rings (SSSR count). The van der Waals surface area contributed by atoms with Gasteiger partial charge in [0.15, 0.2) is 0 Å². The van der Waals surface area contributed by atoms with Gasteiger partial charge in [-0.05, 0) is 19.4 Å². The Labute approximate surface area is 139 Å². The number of halogens is 2. The van der Waals surface area contributed by atoms with Crippen LogP contribution in [0.2, 0.25) is 0 Å². The summed E-state index contributed by atoms with van der Waals surface area (Å²) in [6.07, 6.45) is 4.05. The number of rotatable bonds is 6. The Bertz CT molecular complexity index is 672. The van der Waals surface area contributed by atoms with E-state index in [-0.39, 0.29) is 6.04 Å². The first-order valence-corrected chi connectivity index (χ1v) is 8.25. The standard InChI is InChI=1S/C18H21F2N3O/c19-18(20,9-11-24)13-23-10-5-4-8-16(23)17-21-12-15(22-17)14-6-2-1-3-7-14/h1-3,6-7,11-12,16H,4-5,8-10,13H2,(H,21,22)/t16-/m0/s1. The number of aromatic amines is 1. The van der Waals surface area contributed by atoms with E-state index in [0.717, 1.165) is 36.3 Å². The molecule has 24 heavy (non-hydrogen) atoms. The van der Waals surface area contributed by atoms with E-state index in [1.54, 1.807) is 4.90 Å². The van der Waals surface area contributed by atoms with Crippen LogP contribution in [-0.2, 0) is 4.79 Å². The van der Waals surface area contributed by atoms with Gasteiger partial charge < -0.3 is 9.78 Å². The molecule has 4 nitrogen and oxygen atoms in total. The second-order valence-electron chi connectivity index (χ2n) is 6.25. The quantitative estimate of drug-likeness (QED) is 0.818. The number of hydrogen-bond donors (Lipinski definition) is 1. The molecule has 6 heteroatoms. The van der Waals surface area contributed by atoms with Crippen LogP contribution in [0.25, 0.3) is 11.3 Å². The van der Waals surface area contributed by atoms with Gasteiger partial charge in [0.25, 0.3) is 5.92 Å². The van der Waals surface area contributed by atoms with Gasteiger partial charge in [0.2, 0.25) is 0 Å². The first kappa shape index (κ1) is 16.8. The van der Waals surface area contributed by atoms with Crippen LogP contribution in [0.3, 0.4) is 0 Å². The molecule has 2 aromatic rings. The van der Waals surface area contributed by atoms with Crippen molar-refractivity contribution in [1.29, 1.82) is 0 Å². The third-order valence-electron chi connectivity index (χ3n) is 4.41. The summed E-state index contributed by atoms with van der Waals surface area (Å²) in [4.78, 5) is 20.0. The van der Waals surface area contributed by atoms with Crippen LogP contribution >= 0.6 is 0 Å². The van der Waals surface area contributed by atoms with Crippen LogP contribution in [0.1, 0.15) is 37.5 Å². The number of hydrogen-bond acceptors (Lipinski definition) is 3. The van der Waals surface area contributed by atoms with E-state index >= 15 is 0 Å². The molecule has 0 bridgehead atoms. The second kappa shape index (κ2) is 7.21. The van der Waals surface area contributed by atoms with Crippen LogP contribution in [0.4, 0.5) is 8.78 Å².